The second-order valence-corrected chi connectivity index (χ2v) is 6.40. The summed E-state index contributed by atoms with van der Waals surface area (Å²) in [7, 11) is 3.48. The van der Waals surface area contributed by atoms with Gasteiger partial charge in [-0.05, 0) is 12.2 Å². The van der Waals surface area contributed by atoms with Crippen LogP contribution in [0.3, 0.4) is 0 Å². The number of hydrogen-bond donors (Lipinski definition) is 4. The largest absolute Gasteiger partial charge is 0.387 e. The minimum Gasteiger partial charge on any atom is -0.387 e. The van der Waals surface area contributed by atoms with E-state index >= 15 is 0 Å². The van der Waals surface area contributed by atoms with E-state index in [1.54, 1.807) is 35.9 Å². The van der Waals surface area contributed by atoms with E-state index < -0.39 is 11.7 Å². The fourth-order valence-corrected chi connectivity index (χ4v) is 3.42. The molecule has 9 heteroatoms. The molecule has 1 aromatic heterocycles. The quantitative estimate of drug-likeness (QED) is 0.294. The van der Waals surface area contributed by atoms with Crippen LogP contribution in [0.4, 0.5) is 0 Å². The highest BCUT2D eigenvalue weighted by molar-refractivity contribution is 14.0. The molecule has 1 aliphatic rings. The van der Waals surface area contributed by atoms with Crippen LogP contribution in [-0.4, -0.2) is 63.2 Å². The number of guanidine groups is 1. The van der Waals surface area contributed by atoms with Gasteiger partial charge in [-0.25, -0.2) is 0 Å². The Balaban J connectivity index is 0.00000242. The van der Waals surface area contributed by atoms with E-state index in [9.17, 15) is 10.2 Å². The van der Waals surface area contributed by atoms with E-state index in [1.165, 1.54) is 0 Å². The summed E-state index contributed by atoms with van der Waals surface area (Å²) in [6.07, 6.45) is 3.56. The smallest absolute Gasteiger partial charge is 0.191 e. The molecule has 0 aromatic carbocycles. The van der Waals surface area contributed by atoms with Gasteiger partial charge in [-0.3, -0.25) is 9.67 Å². The summed E-state index contributed by atoms with van der Waals surface area (Å²) < 4.78 is 1.65. The minimum atomic E-state index is -0.662. The van der Waals surface area contributed by atoms with Crippen molar-refractivity contribution in [2.75, 3.05) is 31.6 Å². The van der Waals surface area contributed by atoms with Crippen molar-refractivity contribution in [3.05, 3.63) is 18.0 Å². The Morgan fingerprint density at radius 1 is 1.59 bits per heavy atom. The standard InChI is InChI=1S/C13H23N5O2S.HI/c1-14-12(16-8-13(20)3-4-21-9-13)15-6-11(19)10-5-17-18(2)7-10;/h5,7,11,19-20H,3-4,6,8-9H2,1-2H3,(H2,14,15,16);1H. The van der Waals surface area contributed by atoms with Gasteiger partial charge in [0, 0.05) is 44.7 Å². The van der Waals surface area contributed by atoms with Gasteiger partial charge in [-0.15, -0.1) is 24.0 Å². The molecule has 126 valence electrons. The molecule has 2 atom stereocenters. The van der Waals surface area contributed by atoms with Crippen LogP contribution >= 0.6 is 35.7 Å². The fourth-order valence-electron chi connectivity index (χ4n) is 2.13. The van der Waals surface area contributed by atoms with E-state index in [1.807, 2.05) is 7.05 Å². The average molecular weight is 441 g/mol. The summed E-state index contributed by atoms with van der Waals surface area (Å²) in [5.74, 6) is 2.31. The number of aliphatic hydroxyl groups excluding tert-OH is 1. The summed E-state index contributed by atoms with van der Waals surface area (Å²) in [6, 6.07) is 0. The molecule has 7 nitrogen and oxygen atoms in total. The number of aliphatic imine (C=N–C) groups is 1. The molecule has 22 heavy (non-hydrogen) atoms. The molecule has 2 unspecified atom stereocenters. The number of aliphatic hydroxyl groups is 2. The molecule has 0 spiro atoms. The first-order chi connectivity index (χ1) is 10.0. The van der Waals surface area contributed by atoms with Crippen molar-refractivity contribution >= 4 is 41.7 Å². The molecule has 1 saturated heterocycles. The third kappa shape index (κ3) is 5.60. The Morgan fingerprint density at radius 2 is 2.36 bits per heavy atom. The lowest BCUT2D eigenvalue weighted by atomic mass is 10.0. The maximum atomic E-state index is 10.3. The summed E-state index contributed by atoms with van der Waals surface area (Å²) in [4.78, 5) is 4.10. The minimum absolute atomic E-state index is 0. The number of halogens is 1. The Morgan fingerprint density at radius 3 is 2.91 bits per heavy atom. The third-order valence-corrected chi connectivity index (χ3v) is 4.70. The van der Waals surface area contributed by atoms with Crippen LogP contribution in [0.2, 0.25) is 0 Å². The predicted octanol–water partition coefficient (Wildman–Crippen LogP) is 0.104. The molecule has 2 rings (SSSR count). The molecule has 2 heterocycles. The van der Waals surface area contributed by atoms with E-state index in [2.05, 4.69) is 20.7 Å². The molecule has 0 bridgehead atoms. The van der Waals surface area contributed by atoms with Gasteiger partial charge in [0.1, 0.15) is 0 Å². The SMILES string of the molecule is CN=C(NCC(O)c1cnn(C)c1)NCC1(O)CCSC1.I. The van der Waals surface area contributed by atoms with Gasteiger partial charge >= 0.3 is 0 Å². The Bertz CT molecular complexity index is 491. The van der Waals surface area contributed by atoms with Gasteiger partial charge in [-0.2, -0.15) is 16.9 Å². The van der Waals surface area contributed by atoms with E-state index in [4.69, 9.17) is 0 Å². The second kappa shape index (κ2) is 8.94. The molecule has 1 fully saturated rings. The van der Waals surface area contributed by atoms with E-state index in [0.717, 1.165) is 23.5 Å². The second-order valence-electron chi connectivity index (χ2n) is 5.30. The summed E-state index contributed by atoms with van der Waals surface area (Å²) in [5, 5.41) is 30.5. The first-order valence-corrected chi connectivity index (χ1v) is 8.09. The van der Waals surface area contributed by atoms with E-state index in [-0.39, 0.29) is 24.0 Å². The molecule has 1 aromatic rings. The van der Waals surface area contributed by atoms with Crippen molar-refractivity contribution in [3.63, 3.8) is 0 Å². The number of rotatable bonds is 5. The number of thioether (sulfide) groups is 1. The van der Waals surface area contributed by atoms with Crippen molar-refractivity contribution in [1.82, 2.24) is 20.4 Å². The van der Waals surface area contributed by atoms with Gasteiger partial charge in [-0.1, -0.05) is 0 Å². The van der Waals surface area contributed by atoms with Crippen molar-refractivity contribution in [2.24, 2.45) is 12.0 Å². The Hall–Kier alpha value is -0.520. The zero-order chi connectivity index (χ0) is 15.3. The fraction of sp³-hybridized carbons (Fsp3) is 0.692. The van der Waals surface area contributed by atoms with Crippen molar-refractivity contribution in [3.8, 4) is 0 Å². The van der Waals surface area contributed by atoms with E-state index in [0.29, 0.717) is 19.0 Å². The molecule has 4 N–H and O–H groups in total. The predicted molar refractivity (Wildman–Crippen MR) is 99.8 cm³/mol. The Kier molecular flexibility index (Phi) is 7.94. The first kappa shape index (κ1) is 19.5. The number of nitrogens with zero attached hydrogens (tertiary/aromatic N) is 3. The van der Waals surface area contributed by atoms with Crippen LogP contribution in [-0.2, 0) is 7.05 Å². The van der Waals surface area contributed by atoms with Crippen LogP contribution in [0.1, 0.15) is 18.1 Å². The Labute approximate surface area is 152 Å². The highest BCUT2D eigenvalue weighted by atomic mass is 127. The number of aromatic nitrogens is 2. The third-order valence-electron chi connectivity index (χ3n) is 3.46. The summed E-state index contributed by atoms with van der Waals surface area (Å²) >= 11 is 1.76. The van der Waals surface area contributed by atoms with Crippen molar-refractivity contribution < 1.29 is 10.2 Å². The van der Waals surface area contributed by atoms with Gasteiger partial charge < -0.3 is 20.8 Å². The lowest BCUT2D eigenvalue weighted by molar-refractivity contribution is 0.0723. The van der Waals surface area contributed by atoms with Crippen LogP contribution in [0.15, 0.2) is 17.4 Å². The maximum Gasteiger partial charge on any atom is 0.191 e. The summed E-state index contributed by atoms with van der Waals surface area (Å²) in [5.41, 5.74) is 0.0934. The lowest BCUT2D eigenvalue weighted by Gasteiger charge is -2.23. The zero-order valence-electron chi connectivity index (χ0n) is 12.8. The monoisotopic (exact) mass is 441 g/mol. The van der Waals surface area contributed by atoms with Crippen LogP contribution in [0.5, 0.6) is 0 Å². The van der Waals surface area contributed by atoms with Gasteiger partial charge in [0.05, 0.1) is 17.9 Å². The van der Waals surface area contributed by atoms with Crippen LogP contribution in [0, 0.1) is 0 Å². The molecule has 0 amide bonds. The molecule has 0 radical (unpaired) electrons. The van der Waals surface area contributed by atoms with Crippen LogP contribution in [0.25, 0.3) is 0 Å². The molecular weight excluding hydrogens is 417 g/mol. The average Bonchev–Trinajstić information content (AvgIpc) is 3.08. The lowest BCUT2D eigenvalue weighted by Crippen LogP contribution is -2.48. The number of hydrogen-bond acceptors (Lipinski definition) is 5. The molecule has 1 aliphatic heterocycles. The van der Waals surface area contributed by atoms with Gasteiger partial charge in [0.15, 0.2) is 5.96 Å². The number of nitrogens with one attached hydrogen (secondary N) is 2. The highest BCUT2D eigenvalue weighted by Gasteiger charge is 2.31. The summed E-state index contributed by atoms with van der Waals surface area (Å²) in [6.45, 7) is 0.793. The van der Waals surface area contributed by atoms with Crippen LogP contribution < -0.4 is 10.6 Å². The number of aryl methyl sites for hydroxylation is 1. The van der Waals surface area contributed by atoms with Gasteiger partial charge in [0.2, 0.25) is 0 Å². The highest BCUT2D eigenvalue weighted by Crippen LogP contribution is 2.26. The molecular formula is C13H24IN5O2S. The zero-order valence-corrected chi connectivity index (χ0v) is 16.0. The maximum absolute atomic E-state index is 10.3. The van der Waals surface area contributed by atoms with Crippen molar-refractivity contribution in [1.29, 1.82) is 0 Å². The first-order valence-electron chi connectivity index (χ1n) is 6.94. The molecule has 0 aliphatic carbocycles. The van der Waals surface area contributed by atoms with Crippen molar-refractivity contribution in [2.45, 2.75) is 18.1 Å². The topological polar surface area (TPSA) is 94.7 Å². The van der Waals surface area contributed by atoms with Gasteiger partial charge in [0.25, 0.3) is 0 Å². The normalized spacial score (nSPS) is 23.0. The molecule has 0 saturated carbocycles.